The molecule has 7 heteroatoms. The zero-order chi connectivity index (χ0) is 18.6. The number of alkyl carbamates (subject to hydrolysis) is 1. The van der Waals surface area contributed by atoms with E-state index in [1.807, 2.05) is 0 Å². The van der Waals surface area contributed by atoms with Crippen LogP contribution in [0.3, 0.4) is 0 Å². The number of rotatable bonds is 10. The fourth-order valence-corrected chi connectivity index (χ4v) is 1.97. The number of hydrogen-bond acceptors (Lipinski definition) is 6. The first-order valence-corrected chi connectivity index (χ1v) is 8.51. The standard InChI is InChI=1S/C17H31NO6/c1-6-22-14(19)13(15(20)23-7-2)11-9-8-10-12-18-16(21)24-17(3,4)5/h13H,6-12H2,1-5H3,(H,18,21). The molecule has 24 heavy (non-hydrogen) atoms. The van der Waals surface area contributed by atoms with Gasteiger partial charge in [0.1, 0.15) is 5.60 Å². The van der Waals surface area contributed by atoms with Crippen molar-refractivity contribution in [2.45, 2.75) is 65.9 Å². The van der Waals surface area contributed by atoms with Crippen molar-refractivity contribution in [3.8, 4) is 0 Å². The molecule has 0 aliphatic carbocycles. The molecule has 7 nitrogen and oxygen atoms in total. The lowest BCUT2D eigenvalue weighted by molar-refractivity contribution is -0.161. The molecule has 0 fully saturated rings. The van der Waals surface area contributed by atoms with Gasteiger partial charge >= 0.3 is 18.0 Å². The Labute approximate surface area is 144 Å². The number of nitrogens with one attached hydrogen (secondary N) is 1. The Kier molecular flexibility index (Phi) is 10.8. The van der Waals surface area contributed by atoms with E-state index in [0.29, 0.717) is 19.4 Å². The molecule has 0 atom stereocenters. The van der Waals surface area contributed by atoms with Gasteiger partial charge in [0.2, 0.25) is 0 Å². The largest absolute Gasteiger partial charge is 0.465 e. The Morgan fingerprint density at radius 3 is 1.92 bits per heavy atom. The van der Waals surface area contributed by atoms with Crippen molar-refractivity contribution in [2.24, 2.45) is 5.92 Å². The van der Waals surface area contributed by atoms with Crippen molar-refractivity contribution in [3.05, 3.63) is 0 Å². The molecule has 0 unspecified atom stereocenters. The molecule has 0 aliphatic rings. The number of amides is 1. The quantitative estimate of drug-likeness (QED) is 0.283. The van der Waals surface area contributed by atoms with Crippen molar-refractivity contribution in [1.29, 1.82) is 0 Å². The Morgan fingerprint density at radius 2 is 1.46 bits per heavy atom. The molecule has 0 aromatic rings. The highest BCUT2D eigenvalue weighted by atomic mass is 16.6. The first-order chi connectivity index (χ1) is 11.2. The summed E-state index contributed by atoms with van der Waals surface area (Å²) >= 11 is 0. The average molecular weight is 345 g/mol. The molecule has 1 N–H and O–H groups in total. The van der Waals surface area contributed by atoms with Crippen LogP contribution in [0.4, 0.5) is 4.79 Å². The number of carbonyl (C=O) groups excluding carboxylic acids is 3. The Hall–Kier alpha value is -1.79. The molecule has 0 aliphatic heterocycles. The van der Waals surface area contributed by atoms with Crippen LogP contribution in [-0.2, 0) is 23.8 Å². The molecule has 0 bridgehead atoms. The highest BCUT2D eigenvalue weighted by Gasteiger charge is 2.28. The molecule has 1 amide bonds. The second-order valence-electron chi connectivity index (χ2n) is 6.33. The van der Waals surface area contributed by atoms with Gasteiger partial charge in [0.15, 0.2) is 5.92 Å². The highest BCUT2D eigenvalue weighted by molar-refractivity contribution is 5.94. The van der Waals surface area contributed by atoms with Gasteiger partial charge in [-0.2, -0.15) is 0 Å². The fraction of sp³-hybridized carbons (Fsp3) is 0.824. The molecular formula is C17H31NO6. The monoisotopic (exact) mass is 345 g/mol. The summed E-state index contributed by atoms with van der Waals surface area (Å²) in [5.41, 5.74) is -0.517. The lowest BCUT2D eigenvalue weighted by Crippen LogP contribution is -2.33. The smallest absolute Gasteiger partial charge is 0.407 e. The maximum atomic E-state index is 11.8. The summed E-state index contributed by atoms with van der Waals surface area (Å²) in [5.74, 6) is -1.95. The number of esters is 2. The molecule has 0 spiro atoms. The van der Waals surface area contributed by atoms with Crippen LogP contribution in [0.15, 0.2) is 0 Å². The molecular weight excluding hydrogens is 314 g/mol. The van der Waals surface area contributed by atoms with Gasteiger partial charge in [-0.1, -0.05) is 12.8 Å². The van der Waals surface area contributed by atoms with Gasteiger partial charge in [0.25, 0.3) is 0 Å². The van der Waals surface area contributed by atoms with Crippen LogP contribution in [0, 0.1) is 5.92 Å². The molecule has 0 saturated carbocycles. The van der Waals surface area contributed by atoms with Crippen molar-refractivity contribution in [2.75, 3.05) is 19.8 Å². The zero-order valence-corrected chi connectivity index (χ0v) is 15.5. The lowest BCUT2D eigenvalue weighted by Gasteiger charge is -2.19. The summed E-state index contributed by atoms with van der Waals surface area (Å²) in [6, 6.07) is 0. The SMILES string of the molecule is CCOC(=O)C(CCCCCNC(=O)OC(C)(C)C)C(=O)OCC. The summed E-state index contributed by atoms with van der Waals surface area (Å²) in [6.45, 7) is 9.75. The van der Waals surface area contributed by atoms with E-state index in [1.165, 1.54) is 0 Å². The average Bonchev–Trinajstić information content (AvgIpc) is 2.44. The van der Waals surface area contributed by atoms with E-state index < -0.39 is 29.6 Å². The van der Waals surface area contributed by atoms with Crippen LogP contribution in [-0.4, -0.2) is 43.4 Å². The first kappa shape index (κ1) is 22.2. The van der Waals surface area contributed by atoms with Crippen LogP contribution in [0.2, 0.25) is 0 Å². The van der Waals surface area contributed by atoms with Crippen LogP contribution in [0.25, 0.3) is 0 Å². The number of hydrogen-bond donors (Lipinski definition) is 1. The summed E-state index contributed by atoms with van der Waals surface area (Å²) < 4.78 is 15.0. The topological polar surface area (TPSA) is 90.9 Å². The predicted octanol–water partition coefficient (Wildman–Crippen LogP) is 2.81. The van der Waals surface area contributed by atoms with E-state index in [0.717, 1.165) is 12.8 Å². The fourth-order valence-electron chi connectivity index (χ4n) is 1.97. The number of ether oxygens (including phenoxy) is 3. The Bertz CT molecular complexity index is 384. The third-order valence-corrected chi connectivity index (χ3v) is 2.98. The van der Waals surface area contributed by atoms with Gasteiger partial charge in [-0.25, -0.2) is 4.79 Å². The third kappa shape index (κ3) is 10.9. The molecule has 0 heterocycles. The van der Waals surface area contributed by atoms with E-state index in [2.05, 4.69) is 5.32 Å². The Morgan fingerprint density at radius 1 is 0.917 bits per heavy atom. The number of carbonyl (C=O) groups is 3. The van der Waals surface area contributed by atoms with Gasteiger partial charge in [-0.15, -0.1) is 0 Å². The van der Waals surface area contributed by atoms with E-state index in [-0.39, 0.29) is 13.2 Å². The molecule has 0 aromatic carbocycles. The predicted molar refractivity (Wildman–Crippen MR) is 89.5 cm³/mol. The summed E-state index contributed by atoms with van der Waals surface area (Å²) in [6.07, 6.45) is 2.10. The van der Waals surface area contributed by atoms with Gasteiger partial charge < -0.3 is 19.5 Å². The zero-order valence-electron chi connectivity index (χ0n) is 15.5. The maximum Gasteiger partial charge on any atom is 0.407 e. The van der Waals surface area contributed by atoms with Crippen molar-refractivity contribution >= 4 is 18.0 Å². The van der Waals surface area contributed by atoms with E-state index in [9.17, 15) is 14.4 Å². The third-order valence-electron chi connectivity index (χ3n) is 2.98. The minimum Gasteiger partial charge on any atom is -0.465 e. The van der Waals surface area contributed by atoms with Crippen LogP contribution in [0.5, 0.6) is 0 Å². The maximum absolute atomic E-state index is 11.8. The van der Waals surface area contributed by atoms with Gasteiger partial charge in [0.05, 0.1) is 13.2 Å². The lowest BCUT2D eigenvalue weighted by atomic mass is 10.0. The molecule has 140 valence electrons. The second kappa shape index (κ2) is 11.7. The van der Waals surface area contributed by atoms with E-state index >= 15 is 0 Å². The van der Waals surface area contributed by atoms with Crippen LogP contribution < -0.4 is 5.32 Å². The van der Waals surface area contributed by atoms with Crippen molar-refractivity contribution < 1.29 is 28.6 Å². The molecule has 0 rings (SSSR count). The summed E-state index contributed by atoms with van der Waals surface area (Å²) in [5, 5.41) is 2.67. The molecule has 0 aromatic heterocycles. The molecule has 0 radical (unpaired) electrons. The minimum absolute atomic E-state index is 0.231. The van der Waals surface area contributed by atoms with Crippen molar-refractivity contribution in [3.63, 3.8) is 0 Å². The van der Waals surface area contributed by atoms with Gasteiger partial charge in [0, 0.05) is 6.54 Å². The van der Waals surface area contributed by atoms with Crippen molar-refractivity contribution in [1.82, 2.24) is 5.32 Å². The van der Waals surface area contributed by atoms with Crippen LogP contribution in [0.1, 0.15) is 60.3 Å². The summed E-state index contributed by atoms with van der Waals surface area (Å²) in [7, 11) is 0. The van der Waals surface area contributed by atoms with Gasteiger partial charge in [-0.05, 0) is 47.5 Å². The molecule has 0 saturated heterocycles. The van der Waals surface area contributed by atoms with Crippen LogP contribution >= 0.6 is 0 Å². The minimum atomic E-state index is -0.872. The first-order valence-electron chi connectivity index (χ1n) is 8.51. The second-order valence-corrected chi connectivity index (χ2v) is 6.33. The van der Waals surface area contributed by atoms with E-state index in [1.54, 1.807) is 34.6 Å². The number of unbranched alkanes of at least 4 members (excludes halogenated alkanes) is 2. The van der Waals surface area contributed by atoms with E-state index in [4.69, 9.17) is 14.2 Å². The summed E-state index contributed by atoms with van der Waals surface area (Å²) in [4.78, 5) is 35.1. The highest BCUT2D eigenvalue weighted by Crippen LogP contribution is 2.14. The van der Waals surface area contributed by atoms with Gasteiger partial charge in [-0.3, -0.25) is 9.59 Å². The normalized spacial score (nSPS) is 11.1. The Balaban J connectivity index is 4.05.